The number of hydrogen-bond donors (Lipinski definition) is 1. The molecular formula is C15H26N4. The Morgan fingerprint density at radius 2 is 2.16 bits per heavy atom. The third-order valence-corrected chi connectivity index (χ3v) is 4.75. The lowest BCUT2D eigenvalue weighted by Gasteiger charge is -2.30. The molecule has 3 rings (SSSR count). The first-order valence-electron chi connectivity index (χ1n) is 7.72. The maximum Gasteiger partial charge on any atom is 0.0948 e. The van der Waals surface area contributed by atoms with Crippen LogP contribution in [0.25, 0.3) is 0 Å². The van der Waals surface area contributed by atoms with Crippen LogP contribution in [0.4, 0.5) is 0 Å². The Hall–Kier alpha value is -0.870. The number of likely N-dealkylation sites (tertiary alicyclic amines) is 1. The Morgan fingerprint density at radius 1 is 1.32 bits per heavy atom. The molecule has 2 aliphatic heterocycles. The number of imidazole rings is 1. The summed E-state index contributed by atoms with van der Waals surface area (Å²) in [6.45, 7) is 5.97. The number of piperidine rings is 2. The summed E-state index contributed by atoms with van der Waals surface area (Å²) < 4.78 is 2.42. The summed E-state index contributed by atoms with van der Waals surface area (Å²) in [6.07, 6.45) is 9.40. The summed E-state index contributed by atoms with van der Waals surface area (Å²) in [5, 5.41) is 3.51. The Labute approximate surface area is 116 Å². The van der Waals surface area contributed by atoms with Gasteiger partial charge in [0.2, 0.25) is 0 Å². The van der Waals surface area contributed by atoms with Crippen molar-refractivity contribution in [2.24, 2.45) is 5.92 Å². The average Bonchev–Trinajstić information content (AvgIpc) is 2.90. The second-order valence-electron chi connectivity index (χ2n) is 6.26. The molecule has 1 N–H and O–H groups in total. The normalized spacial score (nSPS) is 26.7. The quantitative estimate of drug-likeness (QED) is 0.900. The number of nitrogens with zero attached hydrogens (tertiary/aromatic N) is 3. The van der Waals surface area contributed by atoms with Crippen molar-refractivity contribution in [2.45, 2.75) is 38.1 Å². The SMILES string of the molecule is CN1CCC(Cn2cncc2C2CCCNC2)CC1. The number of rotatable bonds is 3. The van der Waals surface area contributed by atoms with Crippen LogP contribution in [0.1, 0.15) is 37.3 Å². The smallest absolute Gasteiger partial charge is 0.0948 e. The van der Waals surface area contributed by atoms with Gasteiger partial charge in [-0.05, 0) is 58.3 Å². The first-order valence-corrected chi connectivity index (χ1v) is 7.72. The Kier molecular flexibility index (Phi) is 4.18. The zero-order valence-electron chi connectivity index (χ0n) is 12.0. The molecule has 106 valence electrons. The van der Waals surface area contributed by atoms with E-state index in [4.69, 9.17) is 0 Å². The predicted octanol–water partition coefficient (Wildman–Crippen LogP) is 1.69. The molecule has 0 spiro atoms. The highest BCUT2D eigenvalue weighted by Crippen LogP contribution is 2.25. The molecule has 1 aromatic heterocycles. The molecule has 1 atom stereocenters. The van der Waals surface area contributed by atoms with Crippen LogP contribution in [0.2, 0.25) is 0 Å². The van der Waals surface area contributed by atoms with Crippen LogP contribution in [0.3, 0.4) is 0 Å². The molecule has 0 radical (unpaired) electrons. The lowest BCUT2D eigenvalue weighted by atomic mass is 9.94. The lowest BCUT2D eigenvalue weighted by molar-refractivity contribution is 0.203. The van der Waals surface area contributed by atoms with Crippen molar-refractivity contribution in [3.8, 4) is 0 Å². The number of hydrogen-bond acceptors (Lipinski definition) is 3. The second-order valence-corrected chi connectivity index (χ2v) is 6.26. The lowest BCUT2D eigenvalue weighted by Crippen LogP contribution is -2.33. The minimum atomic E-state index is 0.669. The van der Waals surface area contributed by atoms with Crippen LogP contribution < -0.4 is 5.32 Å². The van der Waals surface area contributed by atoms with Gasteiger partial charge in [0.15, 0.2) is 0 Å². The van der Waals surface area contributed by atoms with Crippen LogP contribution in [0.5, 0.6) is 0 Å². The van der Waals surface area contributed by atoms with Crippen molar-refractivity contribution < 1.29 is 0 Å². The summed E-state index contributed by atoms with van der Waals surface area (Å²) in [6, 6.07) is 0. The molecule has 1 aromatic rings. The highest BCUT2D eigenvalue weighted by Gasteiger charge is 2.22. The predicted molar refractivity (Wildman–Crippen MR) is 77.3 cm³/mol. The third kappa shape index (κ3) is 3.18. The van der Waals surface area contributed by atoms with Gasteiger partial charge in [-0.3, -0.25) is 0 Å². The summed E-state index contributed by atoms with van der Waals surface area (Å²) in [5.74, 6) is 1.50. The van der Waals surface area contributed by atoms with Gasteiger partial charge < -0.3 is 14.8 Å². The van der Waals surface area contributed by atoms with Gasteiger partial charge in [0.25, 0.3) is 0 Å². The molecule has 0 bridgehead atoms. The van der Waals surface area contributed by atoms with Gasteiger partial charge in [0.05, 0.1) is 6.33 Å². The highest BCUT2D eigenvalue weighted by molar-refractivity contribution is 5.08. The zero-order valence-corrected chi connectivity index (χ0v) is 12.0. The van der Waals surface area contributed by atoms with E-state index in [9.17, 15) is 0 Å². The average molecular weight is 262 g/mol. The second kappa shape index (κ2) is 6.06. The van der Waals surface area contributed by atoms with E-state index in [0.717, 1.165) is 12.5 Å². The molecule has 4 nitrogen and oxygen atoms in total. The van der Waals surface area contributed by atoms with E-state index in [2.05, 4.69) is 33.0 Å². The van der Waals surface area contributed by atoms with E-state index in [-0.39, 0.29) is 0 Å². The van der Waals surface area contributed by atoms with Gasteiger partial charge in [-0.1, -0.05) is 0 Å². The largest absolute Gasteiger partial charge is 0.334 e. The molecule has 0 aliphatic carbocycles. The van der Waals surface area contributed by atoms with Gasteiger partial charge in [0.1, 0.15) is 0 Å². The molecule has 2 saturated heterocycles. The van der Waals surface area contributed by atoms with E-state index in [1.165, 1.54) is 57.6 Å². The van der Waals surface area contributed by atoms with Crippen LogP contribution in [-0.2, 0) is 6.54 Å². The minimum Gasteiger partial charge on any atom is -0.334 e. The first-order chi connectivity index (χ1) is 9.33. The van der Waals surface area contributed by atoms with Crippen molar-refractivity contribution in [1.29, 1.82) is 0 Å². The summed E-state index contributed by atoms with van der Waals surface area (Å²) in [4.78, 5) is 6.84. The van der Waals surface area contributed by atoms with Crippen molar-refractivity contribution in [3.63, 3.8) is 0 Å². The molecular weight excluding hydrogens is 236 g/mol. The van der Waals surface area contributed by atoms with Crippen molar-refractivity contribution in [2.75, 3.05) is 33.2 Å². The van der Waals surface area contributed by atoms with E-state index < -0.39 is 0 Å². The van der Waals surface area contributed by atoms with E-state index in [1.54, 1.807) is 0 Å². The standard InChI is InChI=1S/C15H26N4/c1-18-7-4-13(5-8-18)11-19-12-17-10-15(19)14-3-2-6-16-9-14/h10,12-14,16H,2-9,11H2,1H3. The fourth-order valence-corrected chi connectivity index (χ4v) is 3.45. The molecule has 2 aliphatic rings. The zero-order chi connectivity index (χ0) is 13.1. The molecule has 2 fully saturated rings. The van der Waals surface area contributed by atoms with Crippen molar-refractivity contribution in [3.05, 3.63) is 18.2 Å². The molecule has 19 heavy (non-hydrogen) atoms. The van der Waals surface area contributed by atoms with Crippen molar-refractivity contribution >= 4 is 0 Å². The van der Waals surface area contributed by atoms with Crippen LogP contribution >= 0.6 is 0 Å². The number of aromatic nitrogens is 2. The minimum absolute atomic E-state index is 0.669. The van der Waals surface area contributed by atoms with Gasteiger partial charge in [0, 0.05) is 30.9 Å². The maximum absolute atomic E-state index is 4.40. The summed E-state index contributed by atoms with van der Waals surface area (Å²) in [5.41, 5.74) is 1.45. The molecule has 4 heteroatoms. The Balaban J connectivity index is 1.63. The highest BCUT2D eigenvalue weighted by atomic mass is 15.1. The molecule has 1 unspecified atom stereocenters. The number of nitrogens with one attached hydrogen (secondary N) is 1. The van der Waals surface area contributed by atoms with Gasteiger partial charge >= 0.3 is 0 Å². The van der Waals surface area contributed by atoms with Gasteiger partial charge in [-0.25, -0.2) is 4.98 Å². The van der Waals surface area contributed by atoms with E-state index >= 15 is 0 Å². The summed E-state index contributed by atoms with van der Waals surface area (Å²) in [7, 11) is 2.23. The van der Waals surface area contributed by atoms with Crippen LogP contribution in [-0.4, -0.2) is 47.7 Å². The van der Waals surface area contributed by atoms with E-state index in [1.807, 2.05) is 6.33 Å². The van der Waals surface area contributed by atoms with Crippen molar-refractivity contribution in [1.82, 2.24) is 19.8 Å². The van der Waals surface area contributed by atoms with E-state index in [0.29, 0.717) is 5.92 Å². The first kappa shape index (κ1) is 13.1. The fourth-order valence-electron chi connectivity index (χ4n) is 3.45. The molecule has 0 saturated carbocycles. The molecule has 0 aromatic carbocycles. The monoisotopic (exact) mass is 262 g/mol. The Bertz CT molecular complexity index is 387. The third-order valence-electron chi connectivity index (χ3n) is 4.75. The van der Waals surface area contributed by atoms with Gasteiger partial charge in [-0.2, -0.15) is 0 Å². The summed E-state index contributed by atoms with van der Waals surface area (Å²) >= 11 is 0. The molecule has 3 heterocycles. The fraction of sp³-hybridized carbons (Fsp3) is 0.800. The topological polar surface area (TPSA) is 33.1 Å². The van der Waals surface area contributed by atoms with Gasteiger partial charge in [-0.15, -0.1) is 0 Å². The van der Waals surface area contributed by atoms with Crippen LogP contribution in [0.15, 0.2) is 12.5 Å². The molecule has 0 amide bonds. The Morgan fingerprint density at radius 3 is 2.89 bits per heavy atom. The van der Waals surface area contributed by atoms with Crippen LogP contribution in [0, 0.1) is 5.92 Å². The maximum atomic E-state index is 4.40.